The van der Waals surface area contributed by atoms with Crippen molar-refractivity contribution in [1.29, 1.82) is 0 Å². The second-order valence-electron chi connectivity index (χ2n) is 3.76. The average molecular weight is 275 g/mol. The largest absolute Gasteiger partial charge is 0.468 e. The molecule has 19 heavy (non-hydrogen) atoms. The number of rotatable bonds is 4. The molecule has 9 heteroatoms. The van der Waals surface area contributed by atoms with Gasteiger partial charge in [-0.15, -0.1) is 0 Å². The maximum absolute atomic E-state index is 11.7. The summed E-state index contributed by atoms with van der Waals surface area (Å²) in [5.74, 6) is -3.83. The number of carbonyl (C=O) groups is 4. The fourth-order valence-electron chi connectivity index (χ4n) is 1.53. The first-order valence-electron chi connectivity index (χ1n) is 5.20. The van der Waals surface area contributed by atoms with Crippen LogP contribution in [0.2, 0.25) is 0 Å². The van der Waals surface area contributed by atoms with Crippen molar-refractivity contribution < 1.29 is 38.5 Å². The summed E-state index contributed by atoms with van der Waals surface area (Å²) in [5, 5.41) is 12.1. The fraction of sp³-hybridized carbons (Fsp3) is 0.600. The fourth-order valence-corrected chi connectivity index (χ4v) is 1.53. The van der Waals surface area contributed by atoms with Gasteiger partial charge in [0, 0.05) is 0 Å². The number of hydrogen-bond donors (Lipinski definition) is 2. The van der Waals surface area contributed by atoms with E-state index in [4.69, 9.17) is 0 Å². The maximum atomic E-state index is 11.7. The van der Waals surface area contributed by atoms with E-state index in [-0.39, 0.29) is 0 Å². The molecule has 0 radical (unpaired) electrons. The Morgan fingerprint density at radius 3 is 2.58 bits per heavy atom. The molecule has 1 aliphatic heterocycles. The molecular formula is C10H13NO8. The number of ether oxygens (including phenoxy) is 3. The summed E-state index contributed by atoms with van der Waals surface area (Å²) in [4.78, 5) is 45.1. The van der Waals surface area contributed by atoms with Gasteiger partial charge in [0.2, 0.25) is 11.7 Å². The van der Waals surface area contributed by atoms with Crippen molar-refractivity contribution >= 4 is 23.8 Å². The molecule has 1 fully saturated rings. The van der Waals surface area contributed by atoms with Gasteiger partial charge in [-0.1, -0.05) is 0 Å². The third-order valence-corrected chi connectivity index (χ3v) is 2.51. The number of cyclic esters (lactones) is 1. The van der Waals surface area contributed by atoms with Crippen LogP contribution in [0.1, 0.15) is 6.42 Å². The van der Waals surface area contributed by atoms with Crippen LogP contribution in [0, 0.1) is 0 Å². The van der Waals surface area contributed by atoms with Gasteiger partial charge in [0.15, 0.2) is 0 Å². The molecule has 9 nitrogen and oxygen atoms in total. The molecule has 1 amide bonds. The molecule has 0 aromatic heterocycles. The van der Waals surface area contributed by atoms with Crippen molar-refractivity contribution in [3.05, 3.63) is 0 Å². The second kappa shape index (κ2) is 5.65. The number of hydrogen-bond acceptors (Lipinski definition) is 8. The van der Waals surface area contributed by atoms with Crippen LogP contribution in [-0.2, 0) is 33.4 Å². The number of esters is 3. The zero-order valence-electron chi connectivity index (χ0n) is 10.3. The van der Waals surface area contributed by atoms with Crippen molar-refractivity contribution in [3.8, 4) is 0 Å². The third-order valence-electron chi connectivity index (χ3n) is 2.51. The highest BCUT2D eigenvalue weighted by Gasteiger charge is 2.58. The van der Waals surface area contributed by atoms with Gasteiger partial charge in [-0.25, -0.2) is 4.79 Å². The predicted octanol–water partition coefficient (Wildman–Crippen LogP) is -2.50. The lowest BCUT2D eigenvalue weighted by Gasteiger charge is -2.23. The highest BCUT2D eigenvalue weighted by Crippen LogP contribution is 2.28. The molecule has 0 bridgehead atoms. The summed E-state index contributed by atoms with van der Waals surface area (Å²) in [6.07, 6.45) is -2.46. The van der Waals surface area contributed by atoms with Crippen molar-refractivity contribution in [2.24, 2.45) is 0 Å². The molecule has 0 aromatic rings. The molecule has 1 rings (SSSR count). The van der Waals surface area contributed by atoms with Gasteiger partial charge in [0.05, 0.1) is 20.6 Å². The molecule has 0 aromatic carbocycles. The Hall–Kier alpha value is -2.16. The van der Waals surface area contributed by atoms with E-state index in [2.05, 4.69) is 19.5 Å². The highest BCUT2D eigenvalue weighted by atomic mass is 16.6. The van der Waals surface area contributed by atoms with Crippen LogP contribution in [0.5, 0.6) is 0 Å². The first-order valence-corrected chi connectivity index (χ1v) is 5.20. The number of methoxy groups -OCH3 is 2. The van der Waals surface area contributed by atoms with Gasteiger partial charge >= 0.3 is 17.9 Å². The Morgan fingerprint density at radius 1 is 1.42 bits per heavy atom. The van der Waals surface area contributed by atoms with E-state index < -0.39 is 48.5 Å². The van der Waals surface area contributed by atoms with Crippen molar-refractivity contribution in [2.75, 3.05) is 20.8 Å². The van der Waals surface area contributed by atoms with Gasteiger partial charge in [0.25, 0.3) is 5.91 Å². The van der Waals surface area contributed by atoms with Crippen LogP contribution in [0.4, 0.5) is 0 Å². The van der Waals surface area contributed by atoms with Gasteiger partial charge in [-0.05, 0) is 0 Å². The number of nitrogens with one attached hydrogen (secondary N) is 1. The van der Waals surface area contributed by atoms with Gasteiger partial charge in [-0.3, -0.25) is 14.4 Å². The summed E-state index contributed by atoms with van der Waals surface area (Å²) >= 11 is 0. The molecule has 1 heterocycles. The molecule has 0 spiro atoms. The summed E-state index contributed by atoms with van der Waals surface area (Å²) in [6, 6.07) is 0. The van der Waals surface area contributed by atoms with Crippen LogP contribution in [-0.4, -0.2) is 61.4 Å². The molecule has 0 saturated carbocycles. The van der Waals surface area contributed by atoms with Crippen LogP contribution in [0.3, 0.4) is 0 Å². The Balaban J connectivity index is 2.79. The monoisotopic (exact) mass is 275 g/mol. The van der Waals surface area contributed by atoms with Crippen LogP contribution >= 0.6 is 0 Å². The van der Waals surface area contributed by atoms with E-state index in [1.807, 2.05) is 0 Å². The molecule has 0 aliphatic carbocycles. The molecule has 1 saturated heterocycles. The normalized spacial score (nSPS) is 25.4. The minimum absolute atomic E-state index is 0.485. The summed E-state index contributed by atoms with van der Waals surface area (Å²) in [6.45, 7) is -0.485. The lowest BCUT2D eigenvalue weighted by molar-refractivity contribution is -0.172. The van der Waals surface area contributed by atoms with E-state index in [1.165, 1.54) is 0 Å². The maximum Gasteiger partial charge on any atom is 0.343 e. The number of amides is 1. The quantitative estimate of drug-likeness (QED) is 0.425. The first-order chi connectivity index (χ1) is 8.85. The standard InChI is InChI=1S/C10H13NO8/c1-17-6(13)4-11-8(14)7-10(16,9(15)18-2)3-5(12)19-7/h7,16H,3-4H2,1-2H3,(H,11,14)/t7-,10-/m1/s1. The number of carbonyl (C=O) groups excluding carboxylic acids is 4. The van der Waals surface area contributed by atoms with Gasteiger partial charge in [-0.2, -0.15) is 0 Å². The minimum Gasteiger partial charge on any atom is -0.468 e. The van der Waals surface area contributed by atoms with Crippen molar-refractivity contribution in [1.82, 2.24) is 5.32 Å². The van der Waals surface area contributed by atoms with E-state index in [0.29, 0.717) is 0 Å². The first kappa shape index (κ1) is 14.9. The van der Waals surface area contributed by atoms with Crippen molar-refractivity contribution in [3.63, 3.8) is 0 Å². The molecule has 2 N–H and O–H groups in total. The molecule has 106 valence electrons. The van der Waals surface area contributed by atoms with Crippen LogP contribution in [0.15, 0.2) is 0 Å². The van der Waals surface area contributed by atoms with Crippen LogP contribution in [0.25, 0.3) is 0 Å². The molecule has 1 aliphatic rings. The zero-order chi connectivity index (χ0) is 14.6. The highest BCUT2D eigenvalue weighted by molar-refractivity contribution is 5.99. The average Bonchev–Trinajstić information content (AvgIpc) is 2.70. The summed E-state index contributed by atoms with van der Waals surface area (Å²) in [5.41, 5.74) is -2.40. The summed E-state index contributed by atoms with van der Waals surface area (Å²) < 4.78 is 13.2. The lowest BCUT2D eigenvalue weighted by atomic mass is 9.95. The summed E-state index contributed by atoms with van der Waals surface area (Å²) in [7, 11) is 2.11. The van der Waals surface area contributed by atoms with E-state index >= 15 is 0 Å². The topological polar surface area (TPSA) is 128 Å². The SMILES string of the molecule is COC(=O)CNC(=O)[C@H]1OC(=O)C[C@]1(O)C(=O)OC. The zero-order valence-corrected chi connectivity index (χ0v) is 10.3. The Bertz CT molecular complexity index is 420. The molecule has 2 atom stereocenters. The third kappa shape index (κ3) is 2.99. The predicted molar refractivity (Wildman–Crippen MR) is 56.5 cm³/mol. The van der Waals surface area contributed by atoms with Gasteiger partial charge in [0.1, 0.15) is 6.54 Å². The van der Waals surface area contributed by atoms with E-state index in [0.717, 1.165) is 14.2 Å². The Labute approximate surface area is 107 Å². The molecular weight excluding hydrogens is 262 g/mol. The van der Waals surface area contributed by atoms with Crippen LogP contribution < -0.4 is 5.32 Å². The number of aliphatic hydroxyl groups is 1. The smallest absolute Gasteiger partial charge is 0.343 e. The Kier molecular flexibility index (Phi) is 4.43. The minimum atomic E-state index is -2.40. The van der Waals surface area contributed by atoms with E-state index in [9.17, 15) is 24.3 Å². The van der Waals surface area contributed by atoms with Gasteiger partial charge < -0.3 is 24.6 Å². The lowest BCUT2D eigenvalue weighted by Crippen LogP contribution is -2.54. The van der Waals surface area contributed by atoms with E-state index in [1.54, 1.807) is 0 Å². The second-order valence-corrected chi connectivity index (χ2v) is 3.76. The van der Waals surface area contributed by atoms with Crippen molar-refractivity contribution in [2.45, 2.75) is 18.1 Å². The molecule has 0 unspecified atom stereocenters. The Morgan fingerprint density at radius 2 is 2.05 bits per heavy atom.